The Kier molecular flexibility index (Phi) is 5.01. The Morgan fingerprint density at radius 3 is 2.96 bits per heavy atom. The number of thiophene rings is 1. The standard InChI is InChI=1S/C17H17N3O5S/c1-19-7-6-11-13(9-19)26-16(14(11)17(22)25-2)18-8-10-4-3-5-12(15(10)21)20(23)24/h3-5,8,21H,6-7,9H2,1-2H3. The Morgan fingerprint density at radius 1 is 1.50 bits per heavy atom. The second-order valence-corrected chi connectivity index (χ2v) is 6.98. The van der Waals surface area contributed by atoms with Crippen molar-refractivity contribution in [3.05, 3.63) is 49.9 Å². The van der Waals surface area contributed by atoms with Crippen molar-refractivity contribution in [1.82, 2.24) is 4.90 Å². The zero-order valence-corrected chi connectivity index (χ0v) is 15.1. The van der Waals surface area contributed by atoms with Crippen molar-refractivity contribution < 1.29 is 19.6 Å². The monoisotopic (exact) mass is 375 g/mol. The van der Waals surface area contributed by atoms with Crippen molar-refractivity contribution in [3.63, 3.8) is 0 Å². The van der Waals surface area contributed by atoms with E-state index in [1.165, 1.54) is 42.9 Å². The van der Waals surface area contributed by atoms with Gasteiger partial charge in [0.05, 0.1) is 17.6 Å². The molecule has 8 nitrogen and oxygen atoms in total. The molecule has 0 unspecified atom stereocenters. The molecule has 0 saturated heterocycles. The fourth-order valence-electron chi connectivity index (χ4n) is 2.85. The molecule has 1 aromatic carbocycles. The predicted octanol–water partition coefficient (Wildman–Crippen LogP) is 2.89. The topological polar surface area (TPSA) is 105 Å². The van der Waals surface area contributed by atoms with E-state index in [2.05, 4.69) is 9.89 Å². The summed E-state index contributed by atoms with van der Waals surface area (Å²) in [6, 6.07) is 4.20. The highest BCUT2D eigenvalue weighted by Crippen LogP contribution is 2.39. The second-order valence-electron chi connectivity index (χ2n) is 5.89. The van der Waals surface area contributed by atoms with Gasteiger partial charge in [0, 0.05) is 35.8 Å². The van der Waals surface area contributed by atoms with Gasteiger partial charge in [0.2, 0.25) is 5.75 Å². The van der Waals surface area contributed by atoms with E-state index in [0.717, 1.165) is 30.0 Å². The molecule has 1 N–H and O–H groups in total. The number of phenols is 1. The number of rotatable bonds is 4. The van der Waals surface area contributed by atoms with E-state index in [9.17, 15) is 20.0 Å². The van der Waals surface area contributed by atoms with Gasteiger partial charge < -0.3 is 14.7 Å². The van der Waals surface area contributed by atoms with Crippen LogP contribution in [0.5, 0.6) is 5.75 Å². The first-order valence-electron chi connectivity index (χ1n) is 7.84. The molecule has 0 bridgehead atoms. The molecule has 0 aliphatic carbocycles. The number of esters is 1. The number of aliphatic imine (C=N–C) groups is 1. The Hall–Kier alpha value is -2.78. The summed E-state index contributed by atoms with van der Waals surface area (Å²) in [6.07, 6.45) is 2.06. The summed E-state index contributed by atoms with van der Waals surface area (Å²) < 4.78 is 4.90. The summed E-state index contributed by atoms with van der Waals surface area (Å²) in [6.45, 7) is 1.56. The van der Waals surface area contributed by atoms with Gasteiger partial charge in [0.1, 0.15) is 5.00 Å². The number of para-hydroxylation sites is 1. The van der Waals surface area contributed by atoms with Gasteiger partial charge in [-0.15, -0.1) is 11.3 Å². The molecule has 0 amide bonds. The number of nitrogens with zero attached hydrogens (tertiary/aromatic N) is 3. The zero-order valence-electron chi connectivity index (χ0n) is 14.3. The molecule has 1 aliphatic rings. The van der Waals surface area contributed by atoms with Crippen LogP contribution in [-0.4, -0.2) is 47.8 Å². The molecule has 0 fully saturated rings. The Morgan fingerprint density at radius 2 is 2.27 bits per heavy atom. The lowest BCUT2D eigenvalue weighted by molar-refractivity contribution is -0.385. The van der Waals surface area contributed by atoms with Gasteiger partial charge in [-0.25, -0.2) is 9.79 Å². The minimum Gasteiger partial charge on any atom is -0.502 e. The van der Waals surface area contributed by atoms with Crippen molar-refractivity contribution in [3.8, 4) is 5.75 Å². The van der Waals surface area contributed by atoms with Gasteiger partial charge in [0.25, 0.3) is 0 Å². The third-order valence-electron chi connectivity index (χ3n) is 4.18. The third kappa shape index (κ3) is 3.31. The van der Waals surface area contributed by atoms with Crippen LogP contribution in [-0.2, 0) is 17.7 Å². The summed E-state index contributed by atoms with van der Waals surface area (Å²) in [5, 5.41) is 21.4. The molecule has 0 spiro atoms. The van der Waals surface area contributed by atoms with Crippen molar-refractivity contribution in [2.75, 3.05) is 20.7 Å². The SMILES string of the molecule is COC(=O)c1c(N=Cc2cccc([N+](=O)[O-])c2O)sc2c1CCN(C)C2. The molecule has 1 aliphatic heterocycles. The van der Waals surface area contributed by atoms with Crippen molar-refractivity contribution in [2.24, 2.45) is 4.99 Å². The van der Waals surface area contributed by atoms with E-state index < -0.39 is 22.3 Å². The number of nitro benzene ring substituents is 1. The fraction of sp³-hybridized carbons (Fsp3) is 0.294. The number of methoxy groups -OCH3 is 1. The molecular formula is C17H17N3O5S. The van der Waals surface area contributed by atoms with E-state index in [4.69, 9.17) is 4.74 Å². The molecule has 3 rings (SSSR count). The average molecular weight is 375 g/mol. The van der Waals surface area contributed by atoms with Gasteiger partial charge in [0.15, 0.2) is 0 Å². The minimum absolute atomic E-state index is 0.207. The smallest absolute Gasteiger partial charge is 0.341 e. The number of carbonyl (C=O) groups is 1. The predicted molar refractivity (Wildman–Crippen MR) is 97.7 cm³/mol. The van der Waals surface area contributed by atoms with Crippen molar-refractivity contribution >= 4 is 34.2 Å². The maximum absolute atomic E-state index is 12.2. The van der Waals surface area contributed by atoms with Gasteiger partial charge in [-0.05, 0) is 25.1 Å². The first-order valence-corrected chi connectivity index (χ1v) is 8.65. The first-order chi connectivity index (χ1) is 12.4. The van der Waals surface area contributed by atoms with E-state index >= 15 is 0 Å². The molecule has 2 heterocycles. The van der Waals surface area contributed by atoms with Crippen molar-refractivity contribution in [1.29, 1.82) is 0 Å². The number of likely N-dealkylation sites (N-methyl/N-ethyl adjacent to an activating group) is 1. The quantitative estimate of drug-likeness (QED) is 0.381. The third-order valence-corrected chi connectivity index (χ3v) is 5.31. The summed E-state index contributed by atoms with van der Waals surface area (Å²) in [7, 11) is 3.33. The van der Waals surface area contributed by atoms with E-state index in [0.29, 0.717) is 10.6 Å². The van der Waals surface area contributed by atoms with E-state index in [1.807, 2.05) is 7.05 Å². The molecule has 9 heteroatoms. The molecule has 26 heavy (non-hydrogen) atoms. The summed E-state index contributed by atoms with van der Waals surface area (Å²) >= 11 is 1.39. The Bertz CT molecular complexity index is 906. The number of nitro groups is 1. The maximum Gasteiger partial charge on any atom is 0.341 e. The van der Waals surface area contributed by atoms with Gasteiger partial charge in [-0.1, -0.05) is 6.07 Å². The van der Waals surface area contributed by atoms with E-state index in [1.54, 1.807) is 0 Å². The van der Waals surface area contributed by atoms with Crippen LogP contribution in [0.2, 0.25) is 0 Å². The van der Waals surface area contributed by atoms with Crippen LogP contribution in [0.4, 0.5) is 10.7 Å². The number of aromatic hydroxyl groups is 1. The minimum atomic E-state index is -0.660. The number of fused-ring (bicyclic) bond motifs is 1. The van der Waals surface area contributed by atoms with E-state index in [-0.39, 0.29) is 5.56 Å². The number of carbonyl (C=O) groups excluding carboxylic acids is 1. The number of hydrogen-bond donors (Lipinski definition) is 1. The first kappa shape index (κ1) is 18.0. The molecular weight excluding hydrogens is 358 g/mol. The number of hydrogen-bond acceptors (Lipinski definition) is 8. The van der Waals surface area contributed by atoms with Crippen LogP contribution >= 0.6 is 11.3 Å². The lowest BCUT2D eigenvalue weighted by Gasteiger charge is -2.22. The molecule has 136 valence electrons. The molecule has 0 radical (unpaired) electrons. The number of benzene rings is 1. The zero-order chi connectivity index (χ0) is 18.8. The highest BCUT2D eigenvalue weighted by molar-refractivity contribution is 7.16. The highest BCUT2D eigenvalue weighted by Gasteiger charge is 2.27. The van der Waals surface area contributed by atoms with Gasteiger partial charge in [-0.3, -0.25) is 10.1 Å². The molecule has 0 atom stereocenters. The van der Waals surface area contributed by atoms with Gasteiger partial charge >= 0.3 is 11.7 Å². The van der Waals surface area contributed by atoms with Gasteiger partial charge in [-0.2, -0.15) is 0 Å². The molecule has 2 aromatic rings. The van der Waals surface area contributed by atoms with Crippen LogP contribution < -0.4 is 0 Å². The molecule has 1 aromatic heterocycles. The number of phenolic OH excluding ortho intramolecular Hbond substituents is 1. The highest BCUT2D eigenvalue weighted by atomic mass is 32.1. The summed E-state index contributed by atoms with van der Waals surface area (Å²) in [5.41, 5.74) is 1.19. The lowest BCUT2D eigenvalue weighted by atomic mass is 10.0. The summed E-state index contributed by atoms with van der Waals surface area (Å²) in [4.78, 5) is 30.0. The normalized spacial score (nSPS) is 14.4. The van der Waals surface area contributed by atoms with Crippen LogP contribution in [0.3, 0.4) is 0 Å². The van der Waals surface area contributed by atoms with Crippen LogP contribution in [0, 0.1) is 10.1 Å². The maximum atomic E-state index is 12.2. The molecule has 0 saturated carbocycles. The lowest BCUT2D eigenvalue weighted by Crippen LogP contribution is -2.26. The van der Waals surface area contributed by atoms with Crippen molar-refractivity contribution in [2.45, 2.75) is 13.0 Å². The largest absolute Gasteiger partial charge is 0.502 e. The average Bonchev–Trinajstić information content (AvgIpc) is 2.97. The van der Waals surface area contributed by atoms with Crippen LogP contribution in [0.15, 0.2) is 23.2 Å². The second kappa shape index (κ2) is 7.22. The number of ether oxygens (including phenoxy) is 1. The van der Waals surface area contributed by atoms with Crippen LogP contribution in [0.1, 0.15) is 26.4 Å². The van der Waals surface area contributed by atoms with Crippen LogP contribution in [0.25, 0.3) is 0 Å². The summed E-state index contributed by atoms with van der Waals surface area (Å²) in [5.74, 6) is -0.913. The Balaban J connectivity index is 2.03. The fourth-order valence-corrected chi connectivity index (χ4v) is 4.11. The Labute approximate surface area is 153 Å².